The van der Waals surface area contributed by atoms with Gasteiger partial charge in [0.1, 0.15) is 0 Å². The van der Waals surface area contributed by atoms with Crippen LogP contribution in [0.5, 0.6) is 0 Å². The van der Waals surface area contributed by atoms with Gasteiger partial charge in [-0.15, -0.1) is 0 Å². The average Bonchev–Trinajstić information content (AvgIpc) is 3.45. The zero-order valence-corrected chi connectivity index (χ0v) is 12.8. The van der Waals surface area contributed by atoms with Crippen molar-refractivity contribution in [1.82, 2.24) is 10.3 Å². The summed E-state index contributed by atoms with van der Waals surface area (Å²) in [6.07, 6.45) is 5.77. The van der Waals surface area contributed by atoms with Gasteiger partial charge in [0.15, 0.2) is 0 Å². The third kappa shape index (κ3) is 2.82. The average molecular weight is 302 g/mol. The topological polar surface area (TPSA) is 42.0 Å². The van der Waals surface area contributed by atoms with Crippen LogP contribution in [0, 0.1) is 5.92 Å². The van der Waals surface area contributed by atoms with Gasteiger partial charge in [0.2, 0.25) is 5.91 Å². The van der Waals surface area contributed by atoms with Crippen molar-refractivity contribution in [3.8, 4) is 11.1 Å². The Morgan fingerprint density at radius 1 is 1.04 bits per heavy atom. The molecule has 0 saturated heterocycles. The molecule has 1 N–H and O–H groups in total. The van der Waals surface area contributed by atoms with E-state index in [9.17, 15) is 4.79 Å². The maximum Gasteiger partial charge on any atom is 0.223 e. The Bertz CT molecular complexity index is 854. The van der Waals surface area contributed by atoms with Crippen LogP contribution >= 0.6 is 0 Å². The predicted molar refractivity (Wildman–Crippen MR) is 91.7 cm³/mol. The van der Waals surface area contributed by atoms with Crippen molar-refractivity contribution < 1.29 is 4.79 Å². The summed E-state index contributed by atoms with van der Waals surface area (Å²) in [5.41, 5.74) is 3.50. The molecule has 0 atom stereocenters. The van der Waals surface area contributed by atoms with Gasteiger partial charge in [0.25, 0.3) is 0 Å². The number of hydrogen-bond acceptors (Lipinski definition) is 2. The first-order valence-electron chi connectivity index (χ1n) is 8.01. The number of nitrogens with zero attached hydrogens (tertiary/aromatic N) is 1. The van der Waals surface area contributed by atoms with Crippen molar-refractivity contribution >= 4 is 16.7 Å². The fourth-order valence-corrected chi connectivity index (χ4v) is 2.94. The molecule has 3 heteroatoms. The Hall–Kier alpha value is -2.68. The van der Waals surface area contributed by atoms with Crippen molar-refractivity contribution in [3.63, 3.8) is 0 Å². The van der Waals surface area contributed by atoms with E-state index in [1.807, 2.05) is 36.7 Å². The van der Waals surface area contributed by atoms with Gasteiger partial charge >= 0.3 is 0 Å². The molecule has 1 heterocycles. The molecule has 1 amide bonds. The number of aromatic nitrogens is 1. The molecular formula is C20H18N2O. The van der Waals surface area contributed by atoms with E-state index in [2.05, 4.69) is 34.6 Å². The second kappa shape index (κ2) is 5.84. The number of carbonyl (C=O) groups excluding carboxylic acids is 1. The van der Waals surface area contributed by atoms with Gasteiger partial charge in [0, 0.05) is 30.2 Å². The highest BCUT2D eigenvalue weighted by Gasteiger charge is 2.29. The lowest BCUT2D eigenvalue weighted by Gasteiger charge is -2.12. The summed E-state index contributed by atoms with van der Waals surface area (Å²) in [4.78, 5) is 16.1. The number of carbonyl (C=O) groups is 1. The maximum absolute atomic E-state index is 11.9. The zero-order chi connectivity index (χ0) is 15.6. The predicted octanol–water partition coefficient (Wildman–Crippen LogP) is 3.93. The van der Waals surface area contributed by atoms with Crippen LogP contribution in [0.4, 0.5) is 0 Å². The molecule has 3 aromatic rings. The zero-order valence-electron chi connectivity index (χ0n) is 12.8. The lowest BCUT2D eigenvalue weighted by atomic mass is 9.96. The van der Waals surface area contributed by atoms with Crippen molar-refractivity contribution in [2.24, 2.45) is 5.92 Å². The summed E-state index contributed by atoms with van der Waals surface area (Å²) < 4.78 is 0. The van der Waals surface area contributed by atoms with Gasteiger partial charge < -0.3 is 5.32 Å². The van der Waals surface area contributed by atoms with E-state index in [1.165, 1.54) is 16.5 Å². The van der Waals surface area contributed by atoms with Crippen LogP contribution in [0.25, 0.3) is 21.9 Å². The SMILES string of the molecule is O=C(NCc1ccc(-c2ccccc2)c2ccncc12)C1CC1. The molecule has 1 aromatic heterocycles. The lowest BCUT2D eigenvalue weighted by molar-refractivity contribution is -0.122. The fourth-order valence-electron chi connectivity index (χ4n) is 2.94. The molecule has 1 fully saturated rings. The summed E-state index contributed by atoms with van der Waals surface area (Å²) >= 11 is 0. The minimum absolute atomic E-state index is 0.175. The molecule has 1 aliphatic carbocycles. The van der Waals surface area contributed by atoms with E-state index >= 15 is 0 Å². The highest BCUT2D eigenvalue weighted by atomic mass is 16.2. The molecule has 4 rings (SSSR count). The standard InChI is InChI=1S/C20H18N2O/c23-20(15-6-7-15)22-12-16-8-9-17(14-4-2-1-3-5-14)18-10-11-21-13-19(16)18/h1-5,8-11,13,15H,6-7,12H2,(H,22,23). The molecule has 0 bridgehead atoms. The fraction of sp³-hybridized carbons (Fsp3) is 0.200. The smallest absolute Gasteiger partial charge is 0.223 e. The number of pyridine rings is 1. The summed E-state index contributed by atoms with van der Waals surface area (Å²) in [6.45, 7) is 0.562. The molecule has 3 nitrogen and oxygen atoms in total. The number of amides is 1. The van der Waals surface area contributed by atoms with Crippen LogP contribution in [0.2, 0.25) is 0 Å². The molecular weight excluding hydrogens is 284 g/mol. The van der Waals surface area contributed by atoms with E-state index < -0.39 is 0 Å². The summed E-state index contributed by atoms with van der Waals surface area (Å²) in [7, 11) is 0. The quantitative estimate of drug-likeness (QED) is 0.793. The second-order valence-electron chi connectivity index (χ2n) is 6.05. The largest absolute Gasteiger partial charge is 0.352 e. The van der Waals surface area contributed by atoms with E-state index in [4.69, 9.17) is 0 Å². The first-order valence-corrected chi connectivity index (χ1v) is 8.01. The van der Waals surface area contributed by atoms with Crippen LogP contribution in [0.1, 0.15) is 18.4 Å². The first-order chi connectivity index (χ1) is 11.3. The van der Waals surface area contributed by atoms with Gasteiger partial charge in [-0.3, -0.25) is 9.78 Å². The van der Waals surface area contributed by atoms with Gasteiger partial charge in [-0.2, -0.15) is 0 Å². The van der Waals surface area contributed by atoms with Crippen molar-refractivity contribution in [2.45, 2.75) is 19.4 Å². The minimum atomic E-state index is 0.175. The molecule has 114 valence electrons. The number of nitrogens with one attached hydrogen (secondary N) is 1. The first kappa shape index (κ1) is 13.9. The third-order valence-corrected chi connectivity index (χ3v) is 4.39. The van der Waals surface area contributed by atoms with E-state index in [1.54, 1.807) is 0 Å². The number of benzene rings is 2. The summed E-state index contributed by atoms with van der Waals surface area (Å²) in [5.74, 6) is 0.414. The third-order valence-electron chi connectivity index (χ3n) is 4.39. The van der Waals surface area contributed by atoms with Crippen molar-refractivity contribution in [2.75, 3.05) is 0 Å². The number of hydrogen-bond donors (Lipinski definition) is 1. The van der Waals surface area contributed by atoms with E-state index in [-0.39, 0.29) is 11.8 Å². The maximum atomic E-state index is 11.9. The van der Waals surface area contributed by atoms with Crippen LogP contribution in [-0.4, -0.2) is 10.9 Å². The molecule has 0 radical (unpaired) electrons. The highest BCUT2D eigenvalue weighted by Crippen LogP contribution is 2.31. The minimum Gasteiger partial charge on any atom is -0.352 e. The molecule has 1 aliphatic rings. The van der Waals surface area contributed by atoms with Gasteiger partial charge in [-0.05, 0) is 41.0 Å². The number of rotatable bonds is 4. The molecule has 0 spiro atoms. The van der Waals surface area contributed by atoms with Crippen LogP contribution < -0.4 is 5.32 Å². The summed E-state index contributed by atoms with van der Waals surface area (Å²) in [5, 5.41) is 5.32. The van der Waals surface area contributed by atoms with Crippen molar-refractivity contribution in [3.05, 3.63) is 66.5 Å². The van der Waals surface area contributed by atoms with E-state index in [0.717, 1.165) is 23.8 Å². The van der Waals surface area contributed by atoms with Gasteiger partial charge in [-0.25, -0.2) is 0 Å². The molecule has 23 heavy (non-hydrogen) atoms. The Balaban J connectivity index is 1.71. The Morgan fingerprint density at radius 3 is 2.65 bits per heavy atom. The Morgan fingerprint density at radius 2 is 1.87 bits per heavy atom. The van der Waals surface area contributed by atoms with Crippen LogP contribution in [0.3, 0.4) is 0 Å². The van der Waals surface area contributed by atoms with Crippen LogP contribution in [0.15, 0.2) is 60.9 Å². The van der Waals surface area contributed by atoms with Crippen LogP contribution in [-0.2, 0) is 11.3 Å². The number of fused-ring (bicyclic) bond motifs is 1. The van der Waals surface area contributed by atoms with Crippen molar-refractivity contribution in [1.29, 1.82) is 0 Å². The molecule has 0 aliphatic heterocycles. The monoisotopic (exact) mass is 302 g/mol. The second-order valence-corrected chi connectivity index (χ2v) is 6.05. The Kier molecular flexibility index (Phi) is 3.54. The molecule has 0 unspecified atom stereocenters. The van der Waals surface area contributed by atoms with Gasteiger partial charge in [-0.1, -0.05) is 42.5 Å². The normalized spacial score (nSPS) is 13.9. The lowest BCUT2D eigenvalue weighted by Crippen LogP contribution is -2.24. The van der Waals surface area contributed by atoms with Gasteiger partial charge in [0.05, 0.1) is 0 Å². The molecule has 2 aromatic carbocycles. The highest BCUT2D eigenvalue weighted by molar-refractivity contribution is 5.98. The van der Waals surface area contributed by atoms with E-state index in [0.29, 0.717) is 6.54 Å². The summed E-state index contributed by atoms with van der Waals surface area (Å²) in [6, 6.07) is 16.6. The Labute approximate surface area is 135 Å². The molecule has 1 saturated carbocycles.